The first-order chi connectivity index (χ1) is 9.22. The lowest BCUT2D eigenvalue weighted by molar-refractivity contribution is 0.414. The average Bonchev–Trinajstić information content (AvgIpc) is 2.47. The fraction of sp³-hybridized carbons (Fsp3) is 0.250. The highest BCUT2D eigenvalue weighted by atomic mass is 35.5. The van der Waals surface area contributed by atoms with E-state index < -0.39 is 0 Å². The Kier molecular flexibility index (Phi) is 4.83. The van der Waals surface area contributed by atoms with Gasteiger partial charge in [-0.3, -0.25) is 0 Å². The van der Waals surface area contributed by atoms with E-state index in [-0.39, 0.29) is 0 Å². The minimum absolute atomic E-state index is 0.312. The smallest absolute Gasteiger partial charge is 0.118 e. The molecule has 100 valence electrons. The van der Waals surface area contributed by atoms with Gasteiger partial charge in [0.05, 0.1) is 7.11 Å². The lowest BCUT2D eigenvalue weighted by Crippen LogP contribution is -2.15. The van der Waals surface area contributed by atoms with E-state index in [1.807, 2.05) is 24.3 Å². The van der Waals surface area contributed by atoms with E-state index in [4.69, 9.17) is 22.1 Å². The second kappa shape index (κ2) is 6.60. The topological polar surface area (TPSA) is 35.2 Å². The molecule has 19 heavy (non-hydrogen) atoms. The predicted octanol–water partition coefficient (Wildman–Crippen LogP) is 3.63. The molecule has 2 nitrogen and oxygen atoms in total. The number of hydrogen-bond acceptors (Lipinski definition) is 2. The monoisotopic (exact) mass is 275 g/mol. The van der Waals surface area contributed by atoms with E-state index >= 15 is 0 Å². The van der Waals surface area contributed by atoms with Gasteiger partial charge in [-0.2, -0.15) is 0 Å². The van der Waals surface area contributed by atoms with Gasteiger partial charge >= 0.3 is 0 Å². The summed E-state index contributed by atoms with van der Waals surface area (Å²) in [5.74, 6) is 1.18. The molecule has 2 N–H and O–H groups in total. The maximum atomic E-state index is 5.90. The molecule has 0 saturated heterocycles. The van der Waals surface area contributed by atoms with Crippen molar-refractivity contribution in [2.24, 2.45) is 5.73 Å². The molecule has 0 aliphatic carbocycles. The van der Waals surface area contributed by atoms with Crippen molar-refractivity contribution in [3.63, 3.8) is 0 Å². The lowest BCUT2D eigenvalue weighted by atomic mass is 9.92. The van der Waals surface area contributed by atoms with Crippen LogP contribution in [-0.2, 0) is 6.42 Å². The average molecular weight is 276 g/mol. The van der Waals surface area contributed by atoms with E-state index in [2.05, 4.69) is 24.3 Å². The molecule has 0 amide bonds. The van der Waals surface area contributed by atoms with Crippen LogP contribution >= 0.6 is 11.6 Å². The first-order valence-corrected chi connectivity index (χ1v) is 6.69. The summed E-state index contributed by atoms with van der Waals surface area (Å²) in [6, 6.07) is 16.0. The Labute approximate surface area is 119 Å². The van der Waals surface area contributed by atoms with Gasteiger partial charge in [0.2, 0.25) is 0 Å². The largest absolute Gasteiger partial charge is 0.497 e. The molecule has 0 fully saturated rings. The van der Waals surface area contributed by atoms with Crippen molar-refractivity contribution < 1.29 is 4.74 Å². The summed E-state index contributed by atoms with van der Waals surface area (Å²) in [6.45, 7) is 0.620. The second-order valence-electron chi connectivity index (χ2n) is 4.54. The van der Waals surface area contributed by atoms with Crippen molar-refractivity contribution in [1.29, 1.82) is 0 Å². The first kappa shape index (κ1) is 13.9. The fourth-order valence-corrected chi connectivity index (χ4v) is 2.24. The Balaban J connectivity index is 2.12. The molecule has 2 aromatic rings. The van der Waals surface area contributed by atoms with Crippen LogP contribution in [0.15, 0.2) is 48.5 Å². The summed E-state index contributed by atoms with van der Waals surface area (Å²) in [7, 11) is 1.67. The van der Waals surface area contributed by atoms with Crippen LogP contribution in [0.1, 0.15) is 17.0 Å². The summed E-state index contributed by atoms with van der Waals surface area (Å²) < 4.78 is 5.17. The third kappa shape index (κ3) is 3.72. The van der Waals surface area contributed by atoms with Gasteiger partial charge in [-0.1, -0.05) is 35.9 Å². The molecular formula is C16H18ClNO. The minimum Gasteiger partial charge on any atom is -0.497 e. The molecule has 0 saturated carbocycles. The Morgan fingerprint density at radius 2 is 1.68 bits per heavy atom. The molecule has 0 bridgehead atoms. The van der Waals surface area contributed by atoms with E-state index in [0.29, 0.717) is 12.5 Å². The summed E-state index contributed by atoms with van der Waals surface area (Å²) in [6.07, 6.45) is 0.917. The van der Waals surface area contributed by atoms with Crippen molar-refractivity contribution in [1.82, 2.24) is 0 Å². The lowest BCUT2D eigenvalue weighted by Gasteiger charge is -2.16. The van der Waals surface area contributed by atoms with Crippen molar-refractivity contribution >= 4 is 11.6 Å². The zero-order chi connectivity index (χ0) is 13.7. The van der Waals surface area contributed by atoms with Gasteiger partial charge in [-0.05, 0) is 48.4 Å². The molecule has 2 aromatic carbocycles. The van der Waals surface area contributed by atoms with Crippen molar-refractivity contribution in [2.45, 2.75) is 12.3 Å². The highest BCUT2D eigenvalue weighted by molar-refractivity contribution is 6.30. The molecule has 0 aliphatic heterocycles. The predicted molar refractivity (Wildman–Crippen MR) is 79.9 cm³/mol. The van der Waals surface area contributed by atoms with Gasteiger partial charge in [0.15, 0.2) is 0 Å². The normalized spacial score (nSPS) is 12.2. The molecule has 1 atom stereocenters. The standard InChI is InChI=1S/C16H18ClNO/c1-19-16-8-4-13(5-9-16)14(11-18)10-12-2-6-15(17)7-3-12/h2-9,14H,10-11,18H2,1H3. The van der Waals surface area contributed by atoms with Crippen LogP contribution in [0.3, 0.4) is 0 Å². The Morgan fingerprint density at radius 1 is 1.05 bits per heavy atom. The van der Waals surface area contributed by atoms with Gasteiger partial charge in [0, 0.05) is 10.9 Å². The van der Waals surface area contributed by atoms with Crippen LogP contribution in [0.4, 0.5) is 0 Å². The minimum atomic E-state index is 0.312. The molecule has 0 heterocycles. The van der Waals surface area contributed by atoms with E-state index in [1.165, 1.54) is 11.1 Å². The van der Waals surface area contributed by atoms with E-state index in [9.17, 15) is 0 Å². The molecule has 3 heteroatoms. The zero-order valence-electron chi connectivity index (χ0n) is 11.0. The summed E-state index contributed by atoms with van der Waals surface area (Å²) in [4.78, 5) is 0. The van der Waals surface area contributed by atoms with Crippen LogP contribution in [0.5, 0.6) is 5.75 Å². The van der Waals surface area contributed by atoms with E-state index in [1.54, 1.807) is 7.11 Å². The number of hydrogen-bond donors (Lipinski definition) is 1. The van der Waals surface area contributed by atoms with Gasteiger partial charge in [0.25, 0.3) is 0 Å². The van der Waals surface area contributed by atoms with Crippen molar-refractivity contribution in [2.75, 3.05) is 13.7 Å². The highest BCUT2D eigenvalue weighted by Gasteiger charge is 2.10. The molecule has 1 unspecified atom stereocenters. The molecule has 0 radical (unpaired) electrons. The summed E-state index contributed by atoms with van der Waals surface area (Å²) in [5, 5.41) is 0.762. The number of rotatable bonds is 5. The third-order valence-corrected chi connectivity index (χ3v) is 3.52. The number of methoxy groups -OCH3 is 1. The van der Waals surface area contributed by atoms with Crippen LogP contribution in [0.25, 0.3) is 0 Å². The van der Waals surface area contributed by atoms with Crippen molar-refractivity contribution in [3.05, 3.63) is 64.7 Å². The van der Waals surface area contributed by atoms with Crippen LogP contribution in [0.2, 0.25) is 5.02 Å². The molecule has 2 rings (SSSR count). The molecule has 0 spiro atoms. The van der Waals surface area contributed by atoms with Crippen LogP contribution in [0, 0.1) is 0 Å². The maximum absolute atomic E-state index is 5.90. The summed E-state index contributed by atoms with van der Waals surface area (Å²) >= 11 is 5.89. The number of benzene rings is 2. The first-order valence-electron chi connectivity index (χ1n) is 6.31. The van der Waals surface area contributed by atoms with Gasteiger partial charge < -0.3 is 10.5 Å². The van der Waals surface area contributed by atoms with E-state index in [0.717, 1.165) is 17.2 Å². The highest BCUT2D eigenvalue weighted by Crippen LogP contribution is 2.23. The Bertz CT molecular complexity index is 507. The van der Waals surface area contributed by atoms with Crippen LogP contribution < -0.4 is 10.5 Å². The summed E-state index contributed by atoms with van der Waals surface area (Å²) in [5.41, 5.74) is 8.38. The van der Waals surface area contributed by atoms with Crippen LogP contribution in [-0.4, -0.2) is 13.7 Å². The Hall–Kier alpha value is -1.51. The zero-order valence-corrected chi connectivity index (χ0v) is 11.7. The molecule has 0 aromatic heterocycles. The second-order valence-corrected chi connectivity index (χ2v) is 4.97. The Morgan fingerprint density at radius 3 is 2.21 bits per heavy atom. The van der Waals surface area contributed by atoms with Gasteiger partial charge in [0.1, 0.15) is 5.75 Å². The van der Waals surface area contributed by atoms with Crippen molar-refractivity contribution in [3.8, 4) is 5.75 Å². The quantitative estimate of drug-likeness (QED) is 0.904. The molecular weight excluding hydrogens is 258 g/mol. The third-order valence-electron chi connectivity index (χ3n) is 3.27. The molecule has 0 aliphatic rings. The SMILES string of the molecule is COc1ccc(C(CN)Cc2ccc(Cl)cc2)cc1. The maximum Gasteiger partial charge on any atom is 0.118 e. The fourth-order valence-electron chi connectivity index (χ4n) is 2.12. The number of halogens is 1. The van der Waals surface area contributed by atoms with Gasteiger partial charge in [-0.25, -0.2) is 0 Å². The van der Waals surface area contributed by atoms with Gasteiger partial charge in [-0.15, -0.1) is 0 Å². The number of nitrogens with two attached hydrogens (primary N) is 1. The number of ether oxygens (including phenoxy) is 1.